The number of thiocarbonyl (C=S) groups is 1. The van der Waals surface area contributed by atoms with Gasteiger partial charge in [0.1, 0.15) is 0 Å². The van der Waals surface area contributed by atoms with Gasteiger partial charge in [0.05, 0.1) is 10.6 Å². The van der Waals surface area contributed by atoms with Crippen LogP contribution >= 0.6 is 23.8 Å². The number of halogens is 1. The lowest BCUT2D eigenvalue weighted by atomic mass is 10.1. The van der Waals surface area contributed by atoms with E-state index in [1.807, 2.05) is 45.0 Å². The fourth-order valence-electron chi connectivity index (χ4n) is 3.11. The first-order valence-corrected chi connectivity index (χ1v) is 11.5. The van der Waals surface area contributed by atoms with E-state index in [2.05, 4.69) is 15.4 Å². The summed E-state index contributed by atoms with van der Waals surface area (Å²) in [5, 5.41) is 7.03. The van der Waals surface area contributed by atoms with Gasteiger partial charge in [-0.3, -0.25) is 4.72 Å². The van der Waals surface area contributed by atoms with E-state index in [0.717, 1.165) is 22.4 Å². The maximum absolute atomic E-state index is 12.8. The van der Waals surface area contributed by atoms with Crippen LogP contribution in [0.2, 0.25) is 5.02 Å². The number of benzene rings is 3. The quantitative estimate of drug-likeness (QED) is 0.416. The highest BCUT2D eigenvalue weighted by Gasteiger charge is 2.17. The molecule has 3 aromatic carbocycles. The number of nitrogens with one attached hydrogen (secondary N) is 3. The molecule has 0 atom stereocenters. The van der Waals surface area contributed by atoms with E-state index in [1.165, 1.54) is 12.1 Å². The molecule has 30 heavy (non-hydrogen) atoms. The van der Waals surface area contributed by atoms with Crippen molar-refractivity contribution in [1.82, 2.24) is 0 Å². The number of aryl methyl sites for hydroxylation is 3. The summed E-state index contributed by atoms with van der Waals surface area (Å²) in [6.07, 6.45) is 0. The predicted octanol–water partition coefficient (Wildman–Crippen LogP) is 5.87. The molecule has 0 aliphatic rings. The van der Waals surface area contributed by atoms with Crippen LogP contribution in [0.4, 0.5) is 17.1 Å². The van der Waals surface area contributed by atoms with E-state index in [-0.39, 0.29) is 4.90 Å². The molecule has 3 N–H and O–H groups in total. The molecule has 3 aromatic rings. The van der Waals surface area contributed by atoms with Gasteiger partial charge in [-0.1, -0.05) is 35.4 Å². The Labute approximate surface area is 187 Å². The minimum Gasteiger partial charge on any atom is -0.332 e. The van der Waals surface area contributed by atoms with Crippen LogP contribution in [0.5, 0.6) is 0 Å². The molecule has 0 amide bonds. The average molecular weight is 460 g/mol. The molecule has 0 saturated heterocycles. The maximum atomic E-state index is 12.8. The van der Waals surface area contributed by atoms with Crippen molar-refractivity contribution in [3.05, 3.63) is 82.4 Å². The molecular formula is C22H22ClN3O2S2. The van der Waals surface area contributed by atoms with Crippen LogP contribution in [0.15, 0.2) is 65.6 Å². The molecule has 0 bridgehead atoms. The molecule has 0 saturated carbocycles. The van der Waals surface area contributed by atoms with Crippen molar-refractivity contribution in [2.24, 2.45) is 0 Å². The van der Waals surface area contributed by atoms with Crippen LogP contribution in [0.3, 0.4) is 0 Å². The Bertz CT molecular complexity index is 1170. The molecule has 0 fully saturated rings. The summed E-state index contributed by atoms with van der Waals surface area (Å²) in [5.74, 6) is 0. The molecular weight excluding hydrogens is 438 g/mol. The van der Waals surface area contributed by atoms with Crippen LogP contribution in [0.25, 0.3) is 0 Å². The van der Waals surface area contributed by atoms with Gasteiger partial charge >= 0.3 is 0 Å². The van der Waals surface area contributed by atoms with Gasteiger partial charge in [-0.25, -0.2) is 8.42 Å². The zero-order chi connectivity index (χ0) is 21.9. The van der Waals surface area contributed by atoms with E-state index in [4.69, 9.17) is 23.8 Å². The summed E-state index contributed by atoms with van der Waals surface area (Å²) in [4.78, 5) is 0.168. The largest absolute Gasteiger partial charge is 0.332 e. The summed E-state index contributed by atoms with van der Waals surface area (Å²) in [6.45, 7) is 5.76. The zero-order valence-corrected chi connectivity index (χ0v) is 19.2. The molecule has 0 aromatic heterocycles. The first-order chi connectivity index (χ1) is 14.1. The number of hydrogen-bond donors (Lipinski definition) is 3. The lowest BCUT2D eigenvalue weighted by molar-refractivity contribution is 0.601. The zero-order valence-electron chi connectivity index (χ0n) is 16.8. The van der Waals surface area contributed by atoms with E-state index in [1.54, 1.807) is 24.3 Å². The smallest absolute Gasteiger partial charge is 0.261 e. The topological polar surface area (TPSA) is 70.2 Å². The van der Waals surface area contributed by atoms with Gasteiger partial charge in [0, 0.05) is 16.4 Å². The second kappa shape index (κ2) is 9.04. The highest BCUT2D eigenvalue weighted by atomic mass is 35.5. The molecule has 0 spiro atoms. The Morgan fingerprint density at radius 3 is 2.07 bits per heavy atom. The lowest BCUT2D eigenvalue weighted by Gasteiger charge is -2.15. The van der Waals surface area contributed by atoms with Crippen LogP contribution in [-0.4, -0.2) is 13.5 Å². The molecule has 0 heterocycles. The van der Waals surface area contributed by atoms with Crippen LogP contribution in [0, 0.1) is 20.8 Å². The number of sulfonamides is 1. The first-order valence-electron chi connectivity index (χ1n) is 9.18. The molecule has 0 unspecified atom stereocenters. The fraction of sp³-hybridized carbons (Fsp3) is 0.136. The molecule has 5 nitrogen and oxygen atoms in total. The molecule has 0 aliphatic heterocycles. The summed E-state index contributed by atoms with van der Waals surface area (Å²) >= 11 is 11.3. The van der Waals surface area contributed by atoms with Crippen molar-refractivity contribution in [1.29, 1.82) is 0 Å². The monoisotopic (exact) mass is 459 g/mol. The van der Waals surface area contributed by atoms with E-state index in [0.29, 0.717) is 21.5 Å². The highest BCUT2D eigenvalue weighted by molar-refractivity contribution is 7.92. The molecule has 156 valence electrons. The third-order valence-electron chi connectivity index (χ3n) is 4.42. The van der Waals surface area contributed by atoms with Crippen molar-refractivity contribution in [3.63, 3.8) is 0 Å². The average Bonchev–Trinajstić information content (AvgIpc) is 2.65. The van der Waals surface area contributed by atoms with Crippen molar-refractivity contribution in [2.45, 2.75) is 25.7 Å². The third kappa shape index (κ3) is 5.50. The van der Waals surface area contributed by atoms with Gasteiger partial charge in [-0.05, 0) is 86.6 Å². The van der Waals surface area contributed by atoms with Gasteiger partial charge in [0.2, 0.25) is 0 Å². The second-order valence-electron chi connectivity index (χ2n) is 6.99. The molecule has 0 aliphatic carbocycles. The normalized spacial score (nSPS) is 11.1. The number of hydrogen-bond acceptors (Lipinski definition) is 3. The molecule has 0 radical (unpaired) electrons. The third-order valence-corrected chi connectivity index (χ3v) is 6.22. The Kier molecular flexibility index (Phi) is 6.65. The van der Waals surface area contributed by atoms with Gasteiger partial charge in [-0.15, -0.1) is 0 Å². The summed E-state index contributed by atoms with van der Waals surface area (Å²) in [7, 11) is -3.71. The van der Waals surface area contributed by atoms with Crippen molar-refractivity contribution < 1.29 is 8.42 Å². The van der Waals surface area contributed by atoms with Gasteiger partial charge in [-0.2, -0.15) is 0 Å². The first kappa shape index (κ1) is 22.1. The molecule has 3 rings (SSSR count). The molecule has 8 heteroatoms. The lowest BCUT2D eigenvalue weighted by Crippen LogP contribution is -2.19. The van der Waals surface area contributed by atoms with Crippen molar-refractivity contribution >= 4 is 56.0 Å². The van der Waals surface area contributed by atoms with Gasteiger partial charge < -0.3 is 10.6 Å². The van der Waals surface area contributed by atoms with Crippen LogP contribution < -0.4 is 15.4 Å². The van der Waals surface area contributed by atoms with E-state index < -0.39 is 10.0 Å². The maximum Gasteiger partial charge on any atom is 0.261 e. The van der Waals surface area contributed by atoms with Gasteiger partial charge in [0.25, 0.3) is 10.0 Å². The summed E-state index contributed by atoms with van der Waals surface area (Å²) in [5.41, 5.74) is 4.88. The fourth-order valence-corrected chi connectivity index (χ4v) is 4.74. The minimum atomic E-state index is -3.71. The van der Waals surface area contributed by atoms with E-state index >= 15 is 0 Å². The Morgan fingerprint density at radius 1 is 0.867 bits per heavy atom. The van der Waals surface area contributed by atoms with E-state index in [9.17, 15) is 8.42 Å². The van der Waals surface area contributed by atoms with Crippen molar-refractivity contribution in [3.8, 4) is 0 Å². The van der Waals surface area contributed by atoms with Crippen molar-refractivity contribution in [2.75, 3.05) is 15.4 Å². The van der Waals surface area contributed by atoms with Gasteiger partial charge in [0.15, 0.2) is 5.11 Å². The Balaban J connectivity index is 1.71. The SMILES string of the molecule is Cc1cc(C)c(NS(=O)(=O)c2ccc(NC(=S)Nc3cccc(Cl)c3)cc2)c(C)c1. The number of rotatable bonds is 5. The minimum absolute atomic E-state index is 0.168. The second-order valence-corrected chi connectivity index (χ2v) is 9.52. The number of anilines is 3. The Hall–Kier alpha value is -2.61. The Morgan fingerprint density at radius 2 is 1.47 bits per heavy atom. The van der Waals surface area contributed by atoms with Crippen LogP contribution in [-0.2, 0) is 10.0 Å². The predicted molar refractivity (Wildman–Crippen MR) is 129 cm³/mol. The summed E-state index contributed by atoms with van der Waals surface area (Å²) in [6, 6.07) is 17.5. The standard InChI is InChI=1S/C22H22ClN3O2S2/c1-14-11-15(2)21(16(3)12-14)26-30(27,28)20-9-7-18(8-10-20)24-22(29)25-19-6-4-5-17(23)13-19/h4-13,26H,1-3H3,(H2,24,25,29). The highest BCUT2D eigenvalue weighted by Crippen LogP contribution is 2.25. The summed E-state index contributed by atoms with van der Waals surface area (Å²) < 4.78 is 28.3. The van der Waals surface area contributed by atoms with Crippen LogP contribution in [0.1, 0.15) is 16.7 Å².